The summed E-state index contributed by atoms with van der Waals surface area (Å²) in [5.41, 5.74) is 0. The van der Waals surface area contributed by atoms with Crippen LogP contribution in [-0.2, 0) is 10.1 Å². The summed E-state index contributed by atoms with van der Waals surface area (Å²) < 4.78 is 28.9. The largest absolute Gasteiger partial charge is 0.287 e. The van der Waals surface area contributed by atoms with Gasteiger partial charge in [-0.1, -0.05) is 39.2 Å². The van der Waals surface area contributed by atoms with Gasteiger partial charge in [0.25, 0.3) is 10.1 Å². The van der Waals surface area contributed by atoms with Crippen molar-refractivity contribution in [1.82, 2.24) is 0 Å². The molecule has 0 aliphatic heterocycles. The minimum Gasteiger partial charge on any atom is -0.282 e. The van der Waals surface area contributed by atoms with Gasteiger partial charge in [-0.2, -0.15) is 8.42 Å². The fraction of sp³-hybridized carbons (Fsp3) is 0.800. The van der Waals surface area contributed by atoms with Crippen LogP contribution in [0.25, 0.3) is 0 Å². The molecule has 0 aromatic carbocycles. The molecule has 0 amide bonds. The van der Waals surface area contributed by atoms with Gasteiger partial charge in [0, 0.05) is 0 Å². The lowest BCUT2D eigenvalue weighted by Gasteiger charge is -2.02. The molecule has 0 spiro atoms. The molecule has 0 atom stereocenters. The van der Waals surface area contributed by atoms with E-state index < -0.39 is 10.1 Å². The first-order valence-electron chi connectivity index (χ1n) is 5.06. The van der Waals surface area contributed by atoms with Crippen molar-refractivity contribution in [2.24, 2.45) is 5.92 Å². The molecule has 0 bridgehead atoms. The molecule has 0 saturated carbocycles. The molecule has 0 aromatic heterocycles. The normalized spacial score (nSPS) is 12.9. The van der Waals surface area contributed by atoms with Gasteiger partial charge in [-0.3, -0.25) is 4.55 Å². The van der Waals surface area contributed by atoms with E-state index in [1.807, 2.05) is 0 Å². The van der Waals surface area contributed by atoms with Crippen LogP contribution in [0.15, 0.2) is 11.5 Å². The van der Waals surface area contributed by atoms with Crippen LogP contribution in [0.2, 0.25) is 0 Å². The SMILES string of the molecule is CC(C)CCCCCC=CS(=O)(=O)O. The van der Waals surface area contributed by atoms with Crippen LogP contribution in [0.5, 0.6) is 0 Å². The van der Waals surface area contributed by atoms with Crippen molar-refractivity contribution in [3.05, 3.63) is 11.5 Å². The molecule has 4 heteroatoms. The smallest absolute Gasteiger partial charge is 0.282 e. The van der Waals surface area contributed by atoms with Crippen LogP contribution in [0.3, 0.4) is 0 Å². The van der Waals surface area contributed by atoms with Crippen molar-refractivity contribution in [3.63, 3.8) is 0 Å². The van der Waals surface area contributed by atoms with Crippen LogP contribution in [0.4, 0.5) is 0 Å². The van der Waals surface area contributed by atoms with Gasteiger partial charge in [0.15, 0.2) is 0 Å². The summed E-state index contributed by atoms with van der Waals surface area (Å²) in [6.45, 7) is 4.39. The first-order chi connectivity index (χ1) is 6.42. The number of rotatable bonds is 7. The Morgan fingerprint density at radius 2 is 1.86 bits per heavy atom. The van der Waals surface area contributed by atoms with E-state index in [2.05, 4.69) is 13.8 Å². The molecule has 0 rings (SSSR count). The van der Waals surface area contributed by atoms with Crippen LogP contribution < -0.4 is 0 Å². The molecule has 0 aromatic rings. The quantitative estimate of drug-likeness (QED) is 0.530. The topological polar surface area (TPSA) is 54.4 Å². The summed E-state index contributed by atoms with van der Waals surface area (Å²) in [6.07, 6.45) is 6.74. The summed E-state index contributed by atoms with van der Waals surface area (Å²) in [6, 6.07) is 0. The van der Waals surface area contributed by atoms with Gasteiger partial charge in [-0.15, -0.1) is 0 Å². The van der Waals surface area contributed by atoms with Gasteiger partial charge >= 0.3 is 0 Å². The molecule has 84 valence electrons. The summed E-state index contributed by atoms with van der Waals surface area (Å²) in [5, 5.41) is 0.857. The third kappa shape index (κ3) is 11.6. The molecule has 14 heavy (non-hydrogen) atoms. The zero-order valence-electron chi connectivity index (χ0n) is 8.94. The van der Waals surface area contributed by atoms with Crippen LogP contribution in [-0.4, -0.2) is 13.0 Å². The Hall–Kier alpha value is -0.350. The Bertz CT molecular complexity index is 253. The van der Waals surface area contributed by atoms with Crippen LogP contribution >= 0.6 is 0 Å². The summed E-state index contributed by atoms with van der Waals surface area (Å²) in [5.74, 6) is 0.739. The first kappa shape index (κ1) is 13.7. The number of unbranched alkanes of at least 4 members (excludes halogenated alkanes) is 3. The average Bonchev–Trinajstić information content (AvgIpc) is 2.00. The molecule has 0 aliphatic carbocycles. The Labute approximate surface area is 87.0 Å². The molecular formula is C10H20O3S. The third-order valence-electron chi connectivity index (χ3n) is 1.92. The van der Waals surface area contributed by atoms with Crippen LogP contribution in [0, 0.1) is 5.92 Å². The fourth-order valence-electron chi connectivity index (χ4n) is 1.18. The van der Waals surface area contributed by atoms with Gasteiger partial charge in [0.05, 0.1) is 5.41 Å². The zero-order chi connectivity index (χ0) is 11.0. The number of hydrogen-bond acceptors (Lipinski definition) is 2. The van der Waals surface area contributed by atoms with E-state index in [0.29, 0.717) is 0 Å². The minimum absolute atomic E-state index is 0.720. The summed E-state index contributed by atoms with van der Waals surface area (Å²) in [7, 11) is -3.91. The maximum Gasteiger partial charge on any atom is 0.287 e. The Morgan fingerprint density at radius 3 is 2.36 bits per heavy atom. The Kier molecular flexibility index (Phi) is 6.83. The molecule has 1 N–H and O–H groups in total. The van der Waals surface area contributed by atoms with Crippen molar-refractivity contribution >= 4 is 10.1 Å². The highest BCUT2D eigenvalue weighted by molar-refractivity contribution is 7.88. The predicted octanol–water partition coefficient (Wildman–Crippen LogP) is 2.99. The second-order valence-corrected chi connectivity index (χ2v) is 5.22. The second-order valence-electron chi connectivity index (χ2n) is 3.92. The highest BCUT2D eigenvalue weighted by Crippen LogP contribution is 2.09. The van der Waals surface area contributed by atoms with E-state index in [-0.39, 0.29) is 0 Å². The lowest BCUT2D eigenvalue weighted by atomic mass is 10.0. The molecule has 3 nitrogen and oxygen atoms in total. The van der Waals surface area contributed by atoms with E-state index in [4.69, 9.17) is 4.55 Å². The fourth-order valence-corrected chi connectivity index (χ4v) is 1.56. The summed E-state index contributed by atoms with van der Waals surface area (Å²) in [4.78, 5) is 0. The molecule has 0 fully saturated rings. The van der Waals surface area contributed by atoms with Gasteiger partial charge in [0.1, 0.15) is 0 Å². The minimum atomic E-state index is -3.91. The highest BCUT2D eigenvalue weighted by Gasteiger charge is 1.95. The molecule has 0 aliphatic rings. The predicted molar refractivity (Wildman–Crippen MR) is 58.6 cm³/mol. The lowest BCUT2D eigenvalue weighted by Crippen LogP contribution is -1.89. The van der Waals surface area contributed by atoms with E-state index in [1.165, 1.54) is 18.9 Å². The molecule has 0 radical (unpaired) electrons. The second kappa shape index (κ2) is 7.01. The lowest BCUT2D eigenvalue weighted by molar-refractivity contribution is 0.494. The van der Waals surface area contributed by atoms with Gasteiger partial charge < -0.3 is 0 Å². The molecular weight excluding hydrogens is 200 g/mol. The molecule has 0 saturated heterocycles. The number of hydrogen-bond donors (Lipinski definition) is 1. The maximum atomic E-state index is 10.3. The Morgan fingerprint density at radius 1 is 1.21 bits per heavy atom. The molecule has 0 heterocycles. The zero-order valence-corrected chi connectivity index (χ0v) is 9.76. The van der Waals surface area contributed by atoms with Gasteiger partial charge in [0.2, 0.25) is 0 Å². The average molecular weight is 220 g/mol. The number of allylic oxidation sites excluding steroid dienone is 1. The van der Waals surface area contributed by atoms with Crippen molar-refractivity contribution in [2.45, 2.75) is 46.0 Å². The van der Waals surface area contributed by atoms with Crippen molar-refractivity contribution in [2.75, 3.05) is 0 Å². The van der Waals surface area contributed by atoms with E-state index >= 15 is 0 Å². The monoisotopic (exact) mass is 220 g/mol. The van der Waals surface area contributed by atoms with Gasteiger partial charge in [-0.05, 0) is 18.8 Å². The Balaban J connectivity index is 3.35. The standard InChI is InChI=1S/C10H20O3S/c1-10(2)8-6-4-3-5-7-9-14(11,12)13/h7,9-10H,3-6,8H2,1-2H3,(H,11,12,13). The van der Waals surface area contributed by atoms with Gasteiger partial charge in [-0.25, -0.2) is 0 Å². The van der Waals surface area contributed by atoms with Crippen molar-refractivity contribution in [1.29, 1.82) is 0 Å². The van der Waals surface area contributed by atoms with E-state index in [0.717, 1.165) is 30.6 Å². The van der Waals surface area contributed by atoms with Crippen molar-refractivity contribution in [3.8, 4) is 0 Å². The van der Waals surface area contributed by atoms with Crippen molar-refractivity contribution < 1.29 is 13.0 Å². The van der Waals surface area contributed by atoms with E-state index in [1.54, 1.807) is 0 Å². The first-order valence-corrected chi connectivity index (χ1v) is 6.56. The van der Waals surface area contributed by atoms with Crippen LogP contribution in [0.1, 0.15) is 46.0 Å². The third-order valence-corrected chi connectivity index (χ3v) is 2.46. The van der Waals surface area contributed by atoms with E-state index in [9.17, 15) is 8.42 Å². The molecule has 0 unspecified atom stereocenters. The maximum absolute atomic E-state index is 10.3. The highest BCUT2D eigenvalue weighted by atomic mass is 32.2. The summed E-state index contributed by atoms with van der Waals surface area (Å²) >= 11 is 0.